The molecule has 0 saturated carbocycles. The largest absolute Gasteiger partial charge is 0.476 e. The van der Waals surface area contributed by atoms with Gasteiger partial charge in [-0.2, -0.15) is 0 Å². The summed E-state index contributed by atoms with van der Waals surface area (Å²) in [5.41, 5.74) is 4.95. The molecule has 104 valence electrons. The zero-order chi connectivity index (χ0) is 14.6. The maximum atomic E-state index is 11.4. The molecule has 0 unspecified atom stereocenters. The summed E-state index contributed by atoms with van der Waals surface area (Å²) < 4.78 is 1.15. The Hall–Kier alpha value is -2.45. The van der Waals surface area contributed by atoms with Crippen molar-refractivity contribution in [2.75, 3.05) is 0 Å². The highest BCUT2D eigenvalue weighted by molar-refractivity contribution is 5.93. The Morgan fingerprint density at radius 2 is 2.05 bits per heavy atom. The van der Waals surface area contributed by atoms with Crippen molar-refractivity contribution in [3.8, 4) is 0 Å². The van der Waals surface area contributed by atoms with E-state index < -0.39 is 17.9 Å². The summed E-state index contributed by atoms with van der Waals surface area (Å²) in [7, 11) is 0. The van der Waals surface area contributed by atoms with Crippen LogP contribution in [0.2, 0.25) is 0 Å². The maximum Gasteiger partial charge on any atom is 0.358 e. The average Bonchev–Trinajstić information content (AvgIpc) is 2.59. The summed E-state index contributed by atoms with van der Waals surface area (Å²) in [6, 6.07) is -0.978. The zero-order valence-corrected chi connectivity index (χ0v) is 10.6. The molecule has 0 aliphatic carbocycles. The van der Waals surface area contributed by atoms with Crippen molar-refractivity contribution in [2.24, 2.45) is 11.7 Å². The SMILES string of the molecule is CC(C)Cc1c(C(=O)O)nnn1CC(=O)NC(N)=O. The molecule has 0 aromatic carbocycles. The Morgan fingerprint density at radius 3 is 2.53 bits per heavy atom. The Bertz CT molecular complexity index is 508. The van der Waals surface area contributed by atoms with Gasteiger partial charge in [0.2, 0.25) is 5.91 Å². The number of carbonyl (C=O) groups is 3. The van der Waals surface area contributed by atoms with E-state index in [0.29, 0.717) is 12.1 Å². The van der Waals surface area contributed by atoms with E-state index in [1.54, 1.807) is 0 Å². The number of rotatable bonds is 5. The van der Waals surface area contributed by atoms with Gasteiger partial charge in [0.25, 0.3) is 0 Å². The van der Waals surface area contributed by atoms with Gasteiger partial charge in [0.15, 0.2) is 5.69 Å². The molecule has 0 atom stereocenters. The van der Waals surface area contributed by atoms with Crippen LogP contribution >= 0.6 is 0 Å². The number of aromatic nitrogens is 3. The molecule has 9 nitrogen and oxygen atoms in total. The molecule has 1 rings (SSSR count). The molecule has 3 amide bonds. The van der Waals surface area contributed by atoms with Crippen molar-refractivity contribution in [3.05, 3.63) is 11.4 Å². The Morgan fingerprint density at radius 1 is 1.42 bits per heavy atom. The zero-order valence-electron chi connectivity index (χ0n) is 10.6. The molecular formula is C10H15N5O4. The highest BCUT2D eigenvalue weighted by Crippen LogP contribution is 2.11. The first kappa shape index (κ1) is 14.6. The van der Waals surface area contributed by atoms with Crippen LogP contribution < -0.4 is 11.1 Å². The van der Waals surface area contributed by atoms with Gasteiger partial charge in [-0.3, -0.25) is 10.1 Å². The molecule has 9 heteroatoms. The summed E-state index contributed by atoms with van der Waals surface area (Å²) in [6.45, 7) is 3.48. The molecule has 1 aromatic rings. The van der Waals surface area contributed by atoms with Crippen LogP contribution in [0.3, 0.4) is 0 Å². The van der Waals surface area contributed by atoms with Gasteiger partial charge >= 0.3 is 12.0 Å². The summed E-state index contributed by atoms with van der Waals surface area (Å²) in [5, 5.41) is 18.0. The Balaban J connectivity index is 2.97. The number of carboxylic acids is 1. The highest BCUT2D eigenvalue weighted by atomic mass is 16.4. The topological polar surface area (TPSA) is 140 Å². The number of nitrogens with two attached hydrogens (primary N) is 1. The monoisotopic (exact) mass is 269 g/mol. The lowest BCUT2D eigenvalue weighted by Gasteiger charge is -2.08. The van der Waals surface area contributed by atoms with E-state index in [0.717, 1.165) is 4.68 Å². The van der Waals surface area contributed by atoms with Crippen LogP contribution in [0.15, 0.2) is 0 Å². The minimum absolute atomic E-state index is 0.162. The number of hydrogen-bond donors (Lipinski definition) is 3. The van der Waals surface area contributed by atoms with E-state index in [-0.39, 0.29) is 18.2 Å². The molecule has 0 spiro atoms. The molecule has 19 heavy (non-hydrogen) atoms. The molecule has 0 bridgehead atoms. The third-order valence-corrected chi connectivity index (χ3v) is 2.20. The number of hydrogen-bond acceptors (Lipinski definition) is 5. The van der Waals surface area contributed by atoms with Gasteiger partial charge in [0, 0.05) is 0 Å². The number of carboxylic acid groups (broad SMARTS) is 1. The number of nitrogens with one attached hydrogen (secondary N) is 1. The highest BCUT2D eigenvalue weighted by Gasteiger charge is 2.21. The number of carbonyl (C=O) groups excluding carboxylic acids is 2. The molecular weight excluding hydrogens is 254 g/mol. The Labute approximate surface area is 108 Å². The quantitative estimate of drug-likeness (QED) is 0.650. The van der Waals surface area contributed by atoms with Gasteiger partial charge in [-0.1, -0.05) is 19.1 Å². The van der Waals surface area contributed by atoms with E-state index in [1.165, 1.54) is 0 Å². The lowest BCUT2D eigenvalue weighted by molar-refractivity contribution is -0.120. The molecule has 0 saturated heterocycles. The Kier molecular flexibility index (Phi) is 4.56. The van der Waals surface area contributed by atoms with Crippen LogP contribution in [-0.4, -0.2) is 38.0 Å². The minimum Gasteiger partial charge on any atom is -0.476 e. The first-order valence-electron chi connectivity index (χ1n) is 5.56. The van der Waals surface area contributed by atoms with Crippen LogP contribution in [0.4, 0.5) is 4.79 Å². The van der Waals surface area contributed by atoms with E-state index in [2.05, 4.69) is 10.3 Å². The molecule has 0 fully saturated rings. The van der Waals surface area contributed by atoms with Crippen LogP contribution in [0, 0.1) is 5.92 Å². The molecule has 0 aliphatic rings. The number of primary amides is 1. The fourth-order valence-corrected chi connectivity index (χ4v) is 1.53. The van der Waals surface area contributed by atoms with Gasteiger partial charge in [0.1, 0.15) is 6.54 Å². The fourth-order valence-electron chi connectivity index (χ4n) is 1.53. The number of aromatic carboxylic acids is 1. The minimum atomic E-state index is -1.21. The van der Waals surface area contributed by atoms with E-state index in [1.807, 2.05) is 19.2 Å². The van der Waals surface area contributed by atoms with Gasteiger partial charge in [-0.15, -0.1) is 5.10 Å². The van der Waals surface area contributed by atoms with Gasteiger partial charge in [-0.05, 0) is 12.3 Å². The number of imide groups is 1. The molecule has 1 heterocycles. The van der Waals surface area contributed by atoms with Crippen molar-refractivity contribution >= 4 is 17.9 Å². The second kappa shape index (κ2) is 5.94. The van der Waals surface area contributed by atoms with Gasteiger partial charge in [-0.25, -0.2) is 14.3 Å². The van der Waals surface area contributed by atoms with E-state index in [9.17, 15) is 14.4 Å². The van der Waals surface area contributed by atoms with Crippen LogP contribution in [0.1, 0.15) is 30.0 Å². The van der Waals surface area contributed by atoms with Gasteiger partial charge in [0.05, 0.1) is 5.69 Å². The summed E-state index contributed by atoms with van der Waals surface area (Å²) in [5.74, 6) is -1.73. The third kappa shape index (κ3) is 4.05. The summed E-state index contributed by atoms with van der Waals surface area (Å²) in [6.07, 6.45) is 0.401. The van der Waals surface area contributed by atoms with Crippen molar-refractivity contribution in [2.45, 2.75) is 26.8 Å². The van der Waals surface area contributed by atoms with Crippen LogP contribution in [-0.2, 0) is 17.8 Å². The van der Waals surface area contributed by atoms with Gasteiger partial charge < -0.3 is 10.8 Å². The molecule has 0 radical (unpaired) electrons. The fraction of sp³-hybridized carbons (Fsp3) is 0.500. The smallest absolute Gasteiger partial charge is 0.358 e. The normalized spacial score (nSPS) is 10.5. The first-order chi connectivity index (χ1) is 8.81. The second-order valence-corrected chi connectivity index (χ2v) is 4.36. The summed E-state index contributed by atoms with van der Waals surface area (Å²) >= 11 is 0. The molecule has 0 aliphatic heterocycles. The van der Waals surface area contributed by atoms with Crippen molar-refractivity contribution in [1.82, 2.24) is 20.3 Å². The van der Waals surface area contributed by atoms with E-state index >= 15 is 0 Å². The molecule has 1 aromatic heterocycles. The average molecular weight is 269 g/mol. The molecule has 4 N–H and O–H groups in total. The third-order valence-electron chi connectivity index (χ3n) is 2.20. The van der Waals surface area contributed by atoms with Crippen molar-refractivity contribution < 1.29 is 19.5 Å². The first-order valence-corrected chi connectivity index (χ1v) is 5.56. The van der Waals surface area contributed by atoms with Crippen LogP contribution in [0.25, 0.3) is 0 Å². The standard InChI is InChI=1S/C10H15N5O4/c1-5(2)3-6-8(9(17)18)13-14-15(6)4-7(16)12-10(11)19/h5H,3-4H2,1-2H3,(H,17,18)(H3,11,12,16,19). The lowest BCUT2D eigenvalue weighted by atomic mass is 10.1. The predicted octanol–water partition coefficient (Wildman–Crippen LogP) is -0.630. The summed E-state index contributed by atoms with van der Waals surface area (Å²) in [4.78, 5) is 32.9. The number of amides is 3. The van der Waals surface area contributed by atoms with Crippen LogP contribution in [0.5, 0.6) is 0 Å². The predicted molar refractivity (Wildman–Crippen MR) is 63.2 cm³/mol. The van der Waals surface area contributed by atoms with E-state index in [4.69, 9.17) is 10.8 Å². The second-order valence-electron chi connectivity index (χ2n) is 4.36. The number of nitrogens with zero attached hydrogens (tertiary/aromatic N) is 3. The van der Waals surface area contributed by atoms with Crippen molar-refractivity contribution in [1.29, 1.82) is 0 Å². The van der Waals surface area contributed by atoms with Crippen molar-refractivity contribution in [3.63, 3.8) is 0 Å². The number of urea groups is 1. The maximum absolute atomic E-state index is 11.4. The lowest BCUT2D eigenvalue weighted by Crippen LogP contribution is -2.37.